The first kappa shape index (κ1) is 19.8. The van der Waals surface area contributed by atoms with E-state index in [9.17, 15) is 19.5 Å². The summed E-state index contributed by atoms with van der Waals surface area (Å²) in [5, 5.41) is 13.4. The van der Waals surface area contributed by atoms with Crippen LogP contribution in [-0.4, -0.2) is 35.1 Å². The highest BCUT2D eigenvalue weighted by Gasteiger charge is 2.42. The third-order valence-corrected chi connectivity index (χ3v) is 5.59. The van der Waals surface area contributed by atoms with Crippen LogP contribution in [0.1, 0.15) is 43.7 Å². The fraction of sp³-hybridized carbons (Fsp3) is 0.381. The van der Waals surface area contributed by atoms with Crippen LogP contribution in [-0.2, 0) is 4.79 Å². The minimum Gasteiger partial charge on any atom is -0.502 e. The Labute approximate surface area is 171 Å². The van der Waals surface area contributed by atoms with Gasteiger partial charge in [-0.1, -0.05) is 13.8 Å². The van der Waals surface area contributed by atoms with E-state index in [0.29, 0.717) is 29.7 Å². The van der Waals surface area contributed by atoms with E-state index < -0.39 is 17.2 Å². The van der Waals surface area contributed by atoms with Crippen LogP contribution >= 0.6 is 0 Å². The van der Waals surface area contributed by atoms with Gasteiger partial charge in [-0.05, 0) is 29.5 Å². The monoisotopic (exact) mass is 413 g/mol. The lowest BCUT2D eigenvalue weighted by Crippen LogP contribution is -2.38. The zero-order valence-corrected chi connectivity index (χ0v) is 17.1. The van der Waals surface area contributed by atoms with E-state index >= 15 is 0 Å². The average Bonchev–Trinajstić information content (AvgIpc) is 2.65. The quantitative estimate of drug-likeness (QED) is 0.605. The van der Waals surface area contributed by atoms with Crippen LogP contribution in [0.4, 0.5) is 5.82 Å². The van der Waals surface area contributed by atoms with Crippen LogP contribution in [0.5, 0.6) is 17.2 Å². The van der Waals surface area contributed by atoms with Gasteiger partial charge in [-0.3, -0.25) is 19.6 Å². The Morgan fingerprint density at radius 2 is 1.67 bits per heavy atom. The molecule has 1 aliphatic heterocycles. The first-order valence-electron chi connectivity index (χ1n) is 9.50. The highest BCUT2D eigenvalue weighted by atomic mass is 16.5. The molecule has 0 radical (unpaired) electrons. The number of fused-ring (bicyclic) bond motifs is 1. The topological polar surface area (TPSA) is 134 Å². The highest BCUT2D eigenvalue weighted by molar-refractivity contribution is 6.01. The number of nitrogens with one attached hydrogen (secondary N) is 3. The number of phenols is 1. The lowest BCUT2D eigenvalue weighted by atomic mass is 9.69. The number of allylic oxidation sites excluding steroid dienone is 2. The SMILES string of the molecule is COc1cc([C@@H]2C3=C(CC(C)(C)CC3=O)Nc3[nH]c(=O)[nH]c(=O)c32)cc(OC)c1O. The summed E-state index contributed by atoms with van der Waals surface area (Å²) in [6, 6.07) is 3.14. The van der Waals surface area contributed by atoms with Crippen molar-refractivity contribution in [3.8, 4) is 17.2 Å². The minimum absolute atomic E-state index is 0.0824. The second kappa shape index (κ2) is 6.79. The van der Waals surface area contributed by atoms with E-state index in [0.717, 1.165) is 0 Å². The average molecular weight is 413 g/mol. The molecule has 0 amide bonds. The molecule has 0 fully saturated rings. The number of phenolic OH excluding ortho intramolecular Hbond substituents is 1. The van der Waals surface area contributed by atoms with Crippen LogP contribution < -0.4 is 26.0 Å². The normalized spacial score (nSPS) is 19.6. The summed E-state index contributed by atoms with van der Waals surface area (Å²) >= 11 is 0. The van der Waals surface area contributed by atoms with Gasteiger partial charge in [0.05, 0.1) is 19.8 Å². The van der Waals surface area contributed by atoms with Crippen molar-refractivity contribution in [1.82, 2.24) is 9.97 Å². The number of ether oxygens (including phenoxy) is 2. The van der Waals surface area contributed by atoms with Gasteiger partial charge in [0.1, 0.15) is 5.82 Å². The Hall–Kier alpha value is -3.49. The number of benzene rings is 1. The first-order chi connectivity index (χ1) is 14.1. The summed E-state index contributed by atoms with van der Waals surface area (Å²) in [5.41, 5.74) is 0.378. The van der Waals surface area contributed by atoms with Gasteiger partial charge in [0.15, 0.2) is 17.3 Å². The Balaban J connectivity index is 2.04. The number of aromatic nitrogens is 2. The maximum absolute atomic E-state index is 13.2. The van der Waals surface area contributed by atoms with Crippen molar-refractivity contribution in [1.29, 1.82) is 0 Å². The number of H-pyrrole nitrogens is 2. The molecule has 0 saturated heterocycles. The fourth-order valence-corrected chi connectivity index (χ4v) is 4.36. The zero-order chi connectivity index (χ0) is 21.8. The lowest BCUT2D eigenvalue weighted by molar-refractivity contribution is -0.118. The summed E-state index contributed by atoms with van der Waals surface area (Å²) < 4.78 is 10.5. The molecule has 1 aromatic heterocycles. The molecule has 1 atom stereocenters. The standard InChI is InChI=1S/C21H23N3O6/c1-21(2)7-10-15(11(25)8-21)14(16-18(22-10)23-20(28)24-19(16)27)9-5-12(29-3)17(26)13(6-9)30-4/h5-6,14,26H,7-8H2,1-4H3,(H3,22,23,24,27,28)/t14-/m1/s1. The van der Waals surface area contributed by atoms with Crippen molar-refractivity contribution in [2.45, 2.75) is 32.6 Å². The Kier molecular flexibility index (Phi) is 4.48. The second-order valence-electron chi connectivity index (χ2n) is 8.36. The fourth-order valence-electron chi connectivity index (χ4n) is 4.36. The van der Waals surface area contributed by atoms with Gasteiger partial charge in [-0.25, -0.2) is 4.79 Å². The Morgan fingerprint density at radius 1 is 1.03 bits per heavy atom. The molecule has 158 valence electrons. The molecule has 0 unspecified atom stereocenters. The summed E-state index contributed by atoms with van der Waals surface area (Å²) in [7, 11) is 2.80. The predicted octanol–water partition coefficient (Wildman–Crippen LogP) is 1.99. The highest BCUT2D eigenvalue weighted by Crippen LogP contribution is 2.49. The van der Waals surface area contributed by atoms with Gasteiger partial charge in [0.2, 0.25) is 5.75 Å². The summed E-state index contributed by atoms with van der Waals surface area (Å²) in [4.78, 5) is 42.8. The number of aromatic hydroxyl groups is 1. The molecule has 9 heteroatoms. The van der Waals surface area contributed by atoms with Gasteiger partial charge in [0, 0.05) is 23.6 Å². The number of carbonyl (C=O) groups is 1. The third-order valence-electron chi connectivity index (χ3n) is 5.59. The number of ketones is 1. The summed E-state index contributed by atoms with van der Waals surface area (Å²) in [6.45, 7) is 3.99. The van der Waals surface area contributed by atoms with E-state index in [2.05, 4.69) is 15.3 Å². The molecule has 4 rings (SSSR count). The molecule has 2 heterocycles. The molecule has 2 aliphatic rings. The van der Waals surface area contributed by atoms with E-state index in [1.54, 1.807) is 12.1 Å². The molecule has 30 heavy (non-hydrogen) atoms. The summed E-state index contributed by atoms with van der Waals surface area (Å²) in [5.74, 6) is -0.473. The summed E-state index contributed by atoms with van der Waals surface area (Å²) in [6.07, 6.45) is 0.901. The van der Waals surface area contributed by atoms with Crippen LogP contribution in [0.15, 0.2) is 33.0 Å². The van der Waals surface area contributed by atoms with E-state index in [1.807, 2.05) is 13.8 Å². The molecular formula is C21H23N3O6. The van der Waals surface area contributed by atoms with Crippen LogP contribution in [0.2, 0.25) is 0 Å². The molecule has 9 nitrogen and oxygen atoms in total. The van der Waals surface area contributed by atoms with Crippen LogP contribution in [0.25, 0.3) is 0 Å². The molecular weight excluding hydrogens is 390 g/mol. The molecule has 0 spiro atoms. The number of rotatable bonds is 3. The molecule has 1 aromatic carbocycles. The Bertz CT molecular complexity index is 1180. The largest absolute Gasteiger partial charge is 0.502 e. The number of aromatic amines is 2. The molecule has 1 aliphatic carbocycles. The molecule has 2 aromatic rings. The number of Topliss-reactive ketones (excluding diaryl/α,β-unsaturated/α-hetero) is 1. The number of carbonyl (C=O) groups excluding carboxylic acids is 1. The molecule has 0 bridgehead atoms. The first-order valence-corrected chi connectivity index (χ1v) is 9.50. The van der Waals surface area contributed by atoms with Crippen molar-refractivity contribution in [3.05, 3.63) is 55.4 Å². The Morgan fingerprint density at radius 3 is 2.27 bits per heavy atom. The van der Waals surface area contributed by atoms with E-state index in [1.165, 1.54) is 14.2 Å². The van der Waals surface area contributed by atoms with Crippen LogP contribution in [0, 0.1) is 5.41 Å². The molecule has 0 saturated carbocycles. The van der Waals surface area contributed by atoms with Crippen molar-refractivity contribution < 1.29 is 19.4 Å². The van der Waals surface area contributed by atoms with E-state index in [-0.39, 0.29) is 39.8 Å². The number of hydrogen-bond donors (Lipinski definition) is 4. The van der Waals surface area contributed by atoms with Gasteiger partial charge < -0.3 is 19.9 Å². The lowest BCUT2D eigenvalue weighted by Gasteiger charge is -2.38. The van der Waals surface area contributed by atoms with Crippen molar-refractivity contribution in [2.24, 2.45) is 5.41 Å². The van der Waals surface area contributed by atoms with E-state index in [4.69, 9.17) is 9.47 Å². The predicted molar refractivity (Wildman–Crippen MR) is 109 cm³/mol. The zero-order valence-electron chi connectivity index (χ0n) is 17.1. The third kappa shape index (κ3) is 3.06. The van der Waals surface area contributed by atoms with Crippen molar-refractivity contribution in [2.75, 3.05) is 19.5 Å². The number of methoxy groups -OCH3 is 2. The maximum atomic E-state index is 13.2. The smallest absolute Gasteiger partial charge is 0.327 e. The van der Waals surface area contributed by atoms with Crippen molar-refractivity contribution in [3.63, 3.8) is 0 Å². The minimum atomic E-state index is -0.760. The van der Waals surface area contributed by atoms with Gasteiger partial charge in [0.25, 0.3) is 5.56 Å². The van der Waals surface area contributed by atoms with Gasteiger partial charge in [-0.15, -0.1) is 0 Å². The number of hydrogen-bond acceptors (Lipinski definition) is 7. The second-order valence-corrected chi connectivity index (χ2v) is 8.36. The van der Waals surface area contributed by atoms with Crippen LogP contribution in [0.3, 0.4) is 0 Å². The van der Waals surface area contributed by atoms with Gasteiger partial charge >= 0.3 is 5.69 Å². The number of anilines is 1. The van der Waals surface area contributed by atoms with Crippen molar-refractivity contribution >= 4 is 11.6 Å². The molecule has 4 N–H and O–H groups in total. The maximum Gasteiger partial charge on any atom is 0.327 e. The van der Waals surface area contributed by atoms with Gasteiger partial charge in [-0.2, -0.15) is 0 Å².